The van der Waals surface area contributed by atoms with E-state index in [0.717, 1.165) is 30.8 Å². The monoisotopic (exact) mass is 500 g/mol. The molecule has 0 radical (unpaired) electrons. The summed E-state index contributed by atoms with van der Waals surface area (Å²) in [6, 6.07) is 11.2. The van der Waals surface area contributed by atoms with Crippen molar-refractivity contribution in [3.05, 3.63) is 53.3 Å². The van der Waals surface area contributed by atoms with Crippen LogP contribution in [-0.4, -0.2) is 83.6 Å². The minimum atomic E-state index is -3.06. The van der Waals surface area contributed by atoms with Crippen molar-refractivity contribution in [2.24, 2.45) is 0 Å². The minimum Gasteiger partial charge on any atom is -0.370 e. The lowest BCUT2D eigenvalue weighted by atomic mass is 9.97. The number of hydrogen-bond acceptors (Lipinski definition) is 6. The molecule has 9 heteroatoms. The molecule has 5 rings (SSSR count). The molecular weight excluding hydrogens is 467 g/mol. The predicted octanol–water partition coefficient (Wildman–Crippen LogP) is 2.79. The first kappa shape index (κ1) is 24.1. The van der Waals surface area contributed by atoms with E-state index in [1.807, 2.05) is 38.4 Å². The smallest absolute Gasteiger partial charge is 0.258 e. The fraction of sp³-hybridized carbons (Fsp3) is 0.500. The Bertz CT molecular complexity index is 1250. The van der Waals surface area contributed by atoms with E-state index in [9.17, 15) is 13.2 Å². The van der Waals surface area contributed by atoms with Gasteiger partial charge in [-0.05, 0) is 75.3 Å². The molecule has 188 valence electrons. The summed E-state index contributed by atoms with van der Waals surface area (Å²) in [5, 5.41) is -0.345. The van der Waals surface area contributed by atoms with E-state index in [1.165, 1.54) is 12.3 Å². The van der Waals surface area contributed by atoms with Gasteiger partial charge in [-0.1, -0.05) is 0 Å². The third kappa shape index (κ3) is 4.63. The molecule has 1 unspecified atom stereocenters. The Morgan fingerprint density at radius 1 is 0.943 bits per heavy atom. The van der Waals surface area contributed by atoms with Gasteiger partial charge in [0, 0.05) is 62.0 Å². The third-order valence-corrected chi connectivity index (χ3v) is 9.36. The Morgan fingerprint density at radius 2 is 1.69 bits per heavy atom. The molecule has 35 heavy (non-hydrogen) atoms. The number of halogens is 1. The molecule has 7 nitrogen and oxygen atoms in total. The number of hydrogen-bond donors (Lipinski definition) is 0. The average molecular weight is 501 g/mol. The Hall–Kier alpha value is -2.65. The van der Waals surface area contributed by atoms with E-state index in [1.54, 1.807) is 11.0 Å². The Kier molecular flexibility index (Phi) is 6.25. The number of carbonyl (C=O) groups is 1. The fourth-order valence-electron chi connectivity index (χ4n) is 5.53. The molecule has 2 saturated heterocycles. The van der Waals surface area contributed by atoms with Gasteiger partial charge in [0.1, 0.15) is 5.82 Å². The molecule has 0 aromatic heterocycles. The van der Waals surface area contributed by atoms with Gasteiger partial charge in [0.2, 0.25) is 0 Å². The average Bonchev–Trinajstić information content (AvgIpc) is 3.49. The Balaban J connectivity index is 1.31. The van der Waals surface area contributed by atoms with Crippen LogP contribution in [0.3, 0.4) is 0 Å². The number of likely N-dealkylation sites (N-methyl/N-ethyl adjacent to an activating group) is 1. The van der Waals surface area contributed by atoms with Crippen molar-refractivity contribution in [2.75, 3.05) is 67.8 Å². The summed E-state index contributed by atoms with van der Waals surface area (Å²) in [7, 11) is 1.03. The summed E-state index contributed by atoms with van der Waals surface area (Å²) in [4.78, 5) is 21.3. The zero-order valence-corrected chi connectivity index (χ0v) is 21.4. The number of rotatable bonds is 5. The highest BCUT2D eigenvalue weighted by molar-refractivity contribution is 7.91. The molecule has 2 aromatic rings. The third-order valence-electron chi connectivity index (χ3n) is 7.76. The number of fused-ring (bicyclic) bond motifs is 1. The highest BCUT2D eigenvalue weighted by Crippen LogP contribution is 2.33. The number of nitrogens with zero attached hydrogens (tertiary/aromatic N) is 4. The molecule has 1 amide bonds. The summed E-state index contributed by atoms with van der Waals surface area (Å²) < 4.78 is 38.9. The largest absolute Gasteiger partial charge is 0.370 e. The molecule has 3 aliphatic rings. The van der Waals surface area contributed by atoms with Gasteiger partial charge in [0.15, 0.2) is 9.84 Å². The van der Waals surface area contributed by atoms with Gasteiger partial charge < -0.3 is 19.6 Å². The Labute approximate surface area is 207 Å². The first-order valence-corrected chi connectivity index (χ1v) is 14.2. The van der Waals surface area contributed by atoms with Gasteiger partial charge in [0.25, 0.3) is 5.91 Å². The number of benzene rings is 2. The van der Waals surface area contributed by atoms with Crippen LogP contribution in [0.2, 0.25) is 0 Å². The van der Waals surface area contributed by atoms with Crippen LogP contribution in [0.1, 0.15) is 28.8 Å². The van der Waals surface area contributed by atoms with Crippen LogP contribution in [0, 0.1) is 5.82 Å². The van der Waals surface area contributed by atoms with E-state index in [-0.39, 0.29) is 17.0 Å². The molecule has 2 fully saturated rings. The summed E-state index contributed by atoms with van der Waals surface area (Å²) in [5.41, 5.74) is 3.69. The summed E-state index contributed by atoms with van der Waals surface area (Å²) >= 11 is 0. The van der Waals surface area contributed by atoms with Crippen molar-refractivity contribution < 1.29 is 17.6 Å². The van der Waals surface area contributed by atoms with Crippen molar-refractivity contribution in [3.8, 4) is 0 Å². The predicted molar refractivity (Wildman–Crippen MR) is 138 cm³/mol. The van der Waals surface area contributed by atoms with Crippen molar-refractivity contribution in [1.29, 1.82) is 0 Å². The summed E-state index contributed by atoms with van der Waals surface area (Å²) in [5.74, 6) is -0.431. The van der Waals surface area contributed by atoms with Crippen LogP contribution in [0.15, 0.2) is 36.4 Å². The number of carbonyl (C=O) groups excluding carboxylic acids is 1. The topological polar surface area (TPSA) is 64.2 Å². The molecule has 3 aliphatic heterocycles. The lowest BCUT2D eigenvalue weighted by Gasteiger charge is -2.30. The molecule has 0 spiro atoms. The van der Waals surface area contributed by atoms with E-state index in [4.69, 9.17) is 0 Å². The molecule has 3 heterocycles. The quantitative estimate of drug-likeness (QED) is 0.629. The first-order chi connectivity index (χ1) is 16.6. The van der Waals surface area contributed by atoms with Crippen LogP contribution >= 0.6 is 0 Å². The standard InChI is InChI=1S/C26H33FN4O3S/c1-28(2)21-9-11-30(16-21)25-7-5-20(15-24(25)27)31-13-8-18-14-19(4-6-23(18)26(31)32)29-12-10-22(17-29)35(3,33)34/h4-7,14-15,21-22H,8-13,16-17H2,1-3H3/t21-,22?/m1/s1. The lowest BCUT2D eigenvalue weighted by Crippen LogP contribution is -2.38. The maximum absolute atomic E-state index is 15.1. The SMILES string of the molecule is CN(C)[C@@H]1CCN(c2ccc(N3CCc4cc(N5CCC(S(C)(=O)=O)C5)ccc4C3=O)cc2F)C1. The zero-order chi connectivity index (χ0) is 24.9. The van der Waals surface area contributed by atoms with Crippen LogP contribution < -0.4 is 14.7 Å². The molecule has 0 bridgehead atoms. The second kappa shape index (κ2) is 9.09. The highest BCUT2D eigenvalue weighted by Gasteiger charge is 2.32. The van der Waals surface area contributed by atoms with Gasteiger partial charge in [-0.15, -0.1) is 0 Å². The van der Waals surface area contributed by atoms with Crippen molar-refractivity contribution in [3.63, 3.8) is 0 Å². The molecule has 0 N–H and O–H groups in total. The zero-order valence-electron chi connectivity index (χ0n) is 20.6. The number of sulfone groups is 1. The number of amides is 1. The fourth-order valence-corrected chi connectivity index (χ4v) is 6.52. The Morgan fingerprint density at radius 3 is 2.34 bits per heavy atom. The van der Waals surface area contributed by atoms with Gasteiger partial charge in [-0.2, -0.15) is 0 Å². The maximum Gasteiger partial charge on any atom is 0.258 e. The molecule has 0 aliphatic carbocycles. The highest BCUT2D eigenvalue weighted by atomic mass is 32.2. The van der Waals surface area contributed by atoms with E-state index in [2.05, 4.69) is 14.7 Å². The van der Waals surface area contributed by atoms with Crippen molar-refractivity contribution >= 4 is 32.8 Å². The van der Waals surface area contributed by atoms with Crippen LogP contribution in [0.5, 0.6) is 0 Å². The minimum absolute atomic E-state index is 0.130. The van der Waals surface area contributed by atoms with E-state index >= 15 is 4.39 Å². The maximum atomic E-state index is 15.1. The van der Waals surface area contributed by atoms with Gasteiger partial charge in [0.05, 0.1) is 10.9 Å². The number of anilines is 3. The second-order valence-corrected chi connectivity index (χ2v) is 12.5. The molecule has 2 atom stereocenters. The van der Waals surface area contributed by atoms with Crippen molar-refractivity contribution in [2.45, 2.75) is 30.6 Å². The van der Waals surface area contributed by atoms with E-state index in [0.29, 0.717) is 55.5 Å². The molecular formula is C26H33FN4O3S. The lowest BCUT2D eigenvalue weighted by molar-refractivity contribution is 0.0980. The van der Waals surface area contributed by atoms with Crippen LogP contribution in [0.25, 0.3) is 0 Å². The normalized spacial score (nSPS) is 22.9. The van der Waals surface area contributed by atoms with Crippen LogP contribution in [-0.2, 0) is 16.3 Å². The summed E-state index contributed by atoms with van der Waals surface area (Å²) in [6.45, 7) is 3.26. The van der Waals surface area contributed by atoms with Gasteiger partial charge in [-0.25, -0.2) is 12.8 Å². The summed E-state index contributed by atoms with van der Waals surface area (Å²) in [6.07, 6.45) is 3.59. The van der Waals surface area contributed by atoms with Crippen molar-refractivity contribution in [1.82, 2.24) is 4.90 Å². The van der Waals surface area contributed by atoms with Gasteiger partial charge in [-0.3, -0.25) is 4.79 Å². The van der Waals surface area contributed by atoms with Crippen LogP contribution in [0.4, 0.5) is 21.5 Å². The second-order valence-electron chi connectivity index (χ2n) is 10.2. The van der Waals surface area contributed by atoms with E-state index < -0.39 is 9.84 Å². The first-order valence-electron chi connectivity index (χ1n) is 12.2. The van der Waals surface area contributed by atoms with Gasteiger partial charge >= 0.3 is 0 Å². The molecule has 0 saturated carbocycles. The molecule has 2 aromatic carbocycles.